The van der Waals surface area contributed by atoms with Gasteiger partial charge in [-0.3, -0.25) is 4.79 Å². The van der Waals surface area contributed by atoms with Gasteiger partial charge in [0.25, 0.3) is 0 Å². The minimum Gasteiger partial charge on any atom is -0.497 e. The van der Waals surface area contributed by atoms with Crippen LogP contribution in [0.4, 0.5) is 0 Å². The molecule has 0 radical (unpaired) electrons. The molecule has 0 N–H and O–H groups in total. The summed E-state index contributed by atoms with van der Waals surface area (Å²) in [5.41, 5.74) is 1.78. The summed E-state index contributed by atoms with van der Waals surface area (Å²) < 4.78 is 21.2. The van der Waals surface area contributed by atoms with Crippen molar-refractivity contribution in [2.24, 2.45) is 0 Å². The lowest BCUT2D eigenvalue weighted by Gasteiger charge is -2.20. The van der Waals surface area contributed by atoms with Gasteiger partial charge in [0, 0.05) is 19.2 Å². The Labute approximate surface area is 154 Å². The molecule has 26 heavy (non-hydrogen) atoms. The highest BCUT2D eigenvalue weighted by Crippen LogP contribution is 2.40. The number of likely N-dealkylation sites (N-methyl/N-ethyl adjacent to an activating group) is 1. The zero-order chi connectivity index (χ0) is 19.1. The average Bonchev–Trinajstić information content (AvgIpc) is 2.67. The van der Waals surface area contributed by atoms with Crippen molar-refractivity contribution in [3.63, 3.8) is 0 Å². The molecule has 2 aromatic rings. The van der Waals surface area contributed by atoms with E-state index in [9.17, 15) is 4.79 Å². The molecule has 0 aromatic heterocycles. The number of methoxy groups -OCH3 is 4. The Bertz CT molecular complexity index is 743. The number of amides is 1. The number of benzene rings is 2. The quantitative estimate of drug-likeness (QED) is 0.725. The molecule has 0 spiro atoms. The molecular weight excluding hydrogens is 334 g/mol. The topological polar surface area (TPSA) is 57.2 Å². The predicted octanol–water partition coefficient (Wildman–Crippen LogP) is 2.92. The molecule has 6 heteroatoms. The van der Waals surface area contributed by atoms with E-state index in [0.717, 1.165) is 16.9 Å². The first-order valence-electron chi connectivity index (χ1n) is 8.18. The van der Waals surface area contributed by atoms with Crippen LogP contribution < -0.4 is 18.9 Å². The van der Waals surface area contributed by atoms with Crippen molar-refractivity contribution < 1.29 is 23.7 Å². The summed E-state index contributed by atoms with van der Waals surface area (Å²) in [4.78, 5) is 14.3. The number of hydrogen-bond acceptors (Lipinski definition) is 5. The zero-order valence-corrected chi connectivity index (χ0v) is 15.9. The van der Waals surface area contributed by atoms with Gasteiger partial charge in [-0.25, -0.2) is 0 Å². The van der Waals surface area contributed by atoms with Crippen molar-refractivity contribution in [1.82, 2.24) is 4.90 Å². The minimum atomic E-state index is -0.0219. The van der Waals surface area contributed by atoms with Crippen molar-refractivity contribution in [2.45, 2.75) is 13.0 Å². The Morgan fingerprint density at radius 2 is 1.50 bits per heavy atom. The maximum Gasteiger partial charge on any atom is 0.227 e. The summed E-state index contributed by atoms with van der Waals surface area (Å²) in [7, 11) is 8.06. The Kier molecular flexibility index (Phi) is 6.72. The monoisotopic (exact) mass is 359 g/mol. The fraction of sp³-hybridized carbons (Fsp3) is 0.350. The number of hydrogen-bond donors (Lipinski definition) is 0. The maximum absolute atomic E-state index is 12.6. The van der Waals surface area contributed by atoms with Gasteiger partial charge < -0.3 is 23.8 Å². The second-order valence-electron chi connectivity index (χ2n) is 5.77. The van der Waals surface area contributed by atoms with E-state index in [1.807, 2.05) is 30.3 Å². The number of nitrogens with zero attached hydrogens (tertiary/aromatic N) is 1. The first-order valence-corrected chi connectivity index (χ1v) is 8.18. The molecule has 0 atom stereocenters. The van der Waals surface area contributed by atoms with Gasteiger partial charge in [-0.15, -0.1) is 0 Å². The summed E-state index contributed by atoms with van der Waals surface area (Å²) in [6.07, 6.45) is 0.205. The summed E-state index contributed by atoms with van der Waals surface area (Å²) in [6.45, 7) is 0.512. The second-order valence-corrected chi connectivity index (χ2v) is 5.77. The number of carbonyl (C=O) groups excluding carboxylic acids is 1. The van der Waals surface area contributed by atoms with Gasteiger partial charge in [0.1, 0.15) is 5.75 Å². The van der Waals surface area contributed by atoms with Gasteiger partial charge >= 0.3 is 0 Å². The van der Waals surface area contributed by atoms with Crippen molar-refractivity contribution in [2.75, 3.05) is 35.5 Å². The third-order valence-corrected chi connectivity index (χ3v) is 4.13. The lowest BCUT2D eigenvalue weighted by Crippen LogP contribution is -2.27. The molecule has 0 aliphatic heterocycles. The predicted molar refractivity (Wildman–Crippen MR) is 99.3 cm³/mol. The molecule has 0 unspecified atom stereocenters. The van der Waals surface area contributed by atoms with Crippen LogP contribution in [-0.4, -0.2) is 46.3 Å². The molecule has 140 valence electrons. The standard InChI is InChI=1S/C20H25NO5/c1-21(13-14-6-9-16(23-2)10-7-14)18(22)12-15-8-11-17(24-3)20(26-5)19(15)25-4/h6-11H,12-13H2,1-5H3. The van der Waals surface area contributed by atoms with Gasteiger partial charge in [-0.05, 0) is 23.8 Å². The van der Waals surface area contributed by atoms with E-state index in [1.54, 1.807) is 46.5 Å². The van der Waals surface area contributed by atoms with Crippen molar-refractivity contribution in [1.29, 1.82) is 0 Å². The van der Waals surface area contributed by atoms with Crippen LogP contribution >= 0.6 is 0 Å². The van der Waals surface area contributed by atoms with E-state index in [0.29, 0.717) is 23.8 Å². The Hall–Kier alpha value is -2.89. The molecule has 0 fully saturated rings. The SMILES string of the molecule is COc1ccc(CN(C)C(=O)Cc2ccc(OC)c(OC)c2OC)cc1. The van der Waals surface area contributed by atoms with Crippen LogP contribution in [-0.2, 0) is 17.8 Å². The molecular formula is C20H25NO5. The maximum atomic E-state index is 12.6. The Morgan fingerprint density at radius 1 is 0.846 bits per heavy atom. The van der Waals surface area contributed by atoms with Gasteiger partial charge in [0.05, 0.1) is 34.9 Å². The van der Waals surface area contributed by atoms with Crippen molar-refractivity contribution in [3.8, 4) is 23.0 Å². The van der Waals surface area contributed by atoms with E-state index >= 15 is 0 Å². The van der Waals surface area contributed by atoms with E-state index in [4.69, 9.17) is 18.9 Å². The molecule has 0 aliphatic carbocycles. The fourth-order valence-corrected chi connectivity index (χ4v) is 2.69. The van der Waals surface area contributed by atoms with Crippen LogP contribution in [0.2, 0.25) is 0 Å². The van der Waals surface area contributed by atoms with E-state index in [2.05, 4.69) is 0 Å². The molecule has 2 aromatic carbocycles. The van der Waals surface area contributed by atoms with Gasteiger partial charge in [-0.2, -0.15) is 0 Å². The highest BCUT2D eigenvalue weighted by Gasteiger charge is 2.19. The molecule has 0 saturated carbocycles. The molecule has 0 heterocycles. The summed E-state index contributed by atoms with van der Waals surface area (Å²) >= 11 is 0. The highest BCUT2D eigenvalue weighted by molar-refractivity contribution is 5.80. The van der Waals surface area contributed by atoms with Gasteiger partial charge in [0.15, 0.2) is 11.5 Å². The van der Waals surface area contributed by atoms with Crippen LogP contribution in [0, 0.1) is 0 Å². The van der Waals surface area contributed by atoms with Gasteiger partial charge in [0.2, 0.25) is 11.7 Å². The van der Waals surface area contributed by atoms with Crippen molar-refractivity contribution in [3.05, 3.63) is 47.5 Å². The van der Waals surface area contributed by atoms with E-state index in [-0.39, 0.29) is 12.3 Å². The minimum absolute atomic E-state index is 0.0219. The Morgan fingerprint density at radius 3 is 2.04 bits per heavy atom. The largest absolute Gasteiger partial charge is 0.497 e. The first kappa shape index (κ1) is 19.4. The normalized spacial score (nSPS) is 10.2. The number of carbonyl (C=O) groups is 1. The molecule has 1 amide bonds. The van der Waals surface area contributed by atoms with Crippen LogP contribution in [0.1, 0.15) is 11.1 Å². The highest BCUT2D eigenvalue weighted by atomic mass is 16.5. The molecule has 6 nitrogen and oxygen atoms in total. The average molecular weight is 359 g/mol. The summed E-state index contributed by atoms with van der Waals surface area (Å²) in [5, 5.41) is 0. The summed E-state index contributed by atoms with van der Waals surface area (Å²) in [5.74, 6) is 2.33. The van der Waals surface area contributed by atoms with Crippen LogP contribution in [0.15, 0.2) is 36.4 Å². The third kappa shape index (κ3) is 4.39. The van der Waals surface area contributed by atoms with Crippen LogP contribution in [0.3, 0.4) is 0 Å². The third-order valence-electron chi connectivity index (χ3n) is 4.13. The first-order chi connectivity index (χ1) is 12.5. The zero-order valence-electron chi connectivity index (χ0n) is 15.9. The number of rotatable bonds is 8. The molecule has 0 bridgehead atoms. The number of ether oxygens (including phenoxy) is 4. The van der Waals surface area contributed by atoms with Crippen molar-refractivity contribution >= 4 is 5.91 Å². The fourth-order valence-electron chi connectivity index (χ4n) is 2.69. The smallest absolute Gasteiger partial charge is 0.227 e. The van der Waals surface area contributed by atoms with Crippen LogP contribution in [0.25, 0.3) is 0 Å². The van der Waals surface area contributed by atoms with Gasteiger partial charge in [-0.1, -0.05) is 18.2 Å². The van der Waals surface area contributed by atoms with E-state index in [1.165, 1.54) is 0 Å². The second kappa shape index (κ2) is 8.99. The molecule has 0 aliphatic rings. The van der Waals surface area contributed by atoms with Crippen LogP contribution in [0.5, 0.6) is 23.0 Å². The lowest BCUT2D eigenvalue weighted by atomic mass is 10.1. The molecule has 2 rings (SSSR count). The lowest BCUT2D eigenvalue weighted by molar-refractivity contribution is -0.129. The Balaban J connectivity index is 2.12. The van der Waals surface area contributed by atoms with E-state index < -0.39 is 0 Å². The summed E-state index contributed by atoms with van der Waals surface area (Å²) in [6, 6.07) is 11.2. The molecule has 0 saturated heterocycles.